The Morgan fingerprint density at radius 3 is 2.56 bits per heavy atom. The fourth-order valence-electron chi connectivity index (χ4n) is 0.814. The van der Waals surface area contributed by atoms with E-state index < -0.39 is 24.2 Å². The van der Waals surface area contributed by atoms with E-state index in [4.69, 9.17) is 6.17 Å². The quantitative estimate of drug-likeness (QED) is 0.527. The third-order valence-corrected chi connectivity index (χ3v) is 2.43. The van der Waals surface area contributed by atoms with Crippen LogP contribution in [0.1, 0.15) is 33.6 Å². The first-order valence-electron chi connectivity index (χ1n) is 5.98. The Kier molecular flexibility index (Phi) is 5.96. The van der Waals surface area contributed by atoms with E-state index in [9.17, 15) is 14.4 Å². The molecule has 0 rings (SSSR count). The first-order chi connectivity index (χ1) is 8.83. The average molecular weight is 263 g/mol. The smallest absolute Gasteiger partial charge is 0.407 e. The Morgan fingerprint density at radius 1 is 1.33 bits per heavy atom. The molecule has 0 aliphatic heterocycles. The van der Waals surface area contributed by atoms with Crippen molar-refractivity contribution in [1.82, 2.24) is 5.32 Å². The normalized spacial score (nSPS) is 11.2. The summed E-state index contributed by atoms with van der Waals surface area (Å²) >= 11 is 0. The van der Waals surface area contributed by atoms with Crippen LogP contribution in [0.4, 0.5) is 4.79 Å². The molecule has 104 valence electrons. The van der Waals surface area contributed by atoms with Gasteiger partial charge >= 0.3 is 18.0 Å². The number of carbonyl (C=O) groups is 3. The average Bonchev–Trinajstić information content (AvgIpc) is 2.38. The number of esters is 2. The first kappa shape index (κ1) is 14.3. The van der Waals surface area contributed by atoms with Gasteiger partial charge in [-0.1, -0.05) is 6.92 Å². The summed E-state index contributed by atoms with van der Waals surface area (Å²) in [6.45, 7) is 4.90. The van der Waals surface area contributed by atoms with Gasteiger partial charge in [0.25, 0.3) is 1.43 Å². The van der Waals surface area contributed by atoms with E-state index in [1.807, 2.05) is 12.2 Å². The zero-order valence-corrected chi connectivity index (χ0v) is 10.8. The number of carboxylic acid groups (broad SMARTS) is 1. The number of amides is 1. The van der Waals surface area contributed by atoms with Crippen molar-refractivity contribution < 1.29 is 29.0 Å². The van der Waals surface area contributed by atoms with Crippen LogP contribution in [-0.2, 0) is 19.1 Å². The number of nitrogens with one attached hydrogen (secondary N) is 1. The summed E-state index contributed by atoms with van der Waals surface area (Å²) in [5.74, 6) is -1.01. The minimum Gasteiger partial charge on any atom is -0.465 e. The van der Waals surface area contributed by atoms with Crippen LogP contribution in [0.25, 0.3) is 1.43 Å². The molecule has 0 radical (unpaired) electrons. The van der Waals surface area contributed by atoms with Crippen LogP contribution in [0.15, 0.2) is 0 Å². The van der Waals surface area contributed by atoms with Crippen molar-refractivity contribution in [1.29, 1.82) is 1.43 Å². The first-order valence-corrected chi connectivity index (χ1v) is 5.57. The summed E-state index contributed by atoms with van der Waals surface area (Å²) in [6, 6.07) is 0. The second-order valence-electron chi connectivity index (χ2n) is 4.25. The van der Waals surface area contributed by atoms with Crippen LogP contribution in [0, 0.1) is 5.41 Å². The van der Waals surface area contributed by atoms with Gasteiger partial charge in [0, 0.05) is 0 Å². The number of rotatable bonds is 7. The molecule has 0 fully saturated rings. The van der Waals surface area contributed by atoms with Gasteiger partial charge in [-0.25, -0.2) is 4.79 Å². The summed E-state index contributed by atoms with van der Waals surface area (Å²) in [7, 11) is 0. The largest absolute Gasteiger partial charge is 0.465 e. The molecule has 0 aliphatic rings. The third kappa shape index (κ3) is 6.72. The van der Waals surface area contributed by atoms with Gasteiger partial charge in [0.05, 0.1) is 11.8 Å². The Hall–Kier alpha value is -1.79. The van der Waals surface area contributed by atoms with E-state index in [-0.39, 0.29) is 19.0 Å². The van der Waals surface area contributed by atoms with Gasteiger partial charge < -0.3 is 14.6 Å². The van der Waals surface area contributed by atoms with Gasteiger partial charge in [-0.05, 0) is 20.3 Å². The molecule has 0 saturated heterocycles. The molecule has 0 aromatic carbocycles. The maximum Gasteiger partial charge on any atom is 0.407 e. The maximum absolute atomic E-state index is 11.6. The van der Waals surface area contributed by atoms with E-state index in [1.165, 1.54) is 0 Å². The molecule has 0 unspecified atom stereocenters. The Bertz CT molecular complexity index is 331. The highest BCUT2D eigenvalue weighted by Crippen LogP contribution is 2.21. The summed E-state index contributed by atoms with van der Waals surface area (Å²) in [5.41, 5.74) is -0.580. The van der Waals surface area contributed by atoms with Gasteiger partial charge in [0.2, 0.25) is 0 Å². The van der Waals surface area contributed by atoms with Gasteiger partial charge in [-0.15, -0.1) is 0 Å². The minimum atomic E-state index is -1.02. The molecule has 0 heterocycles. The fraction of sp³-hybridized carbons (Fsp3) is 0.727. The molecule has 7 heteroatoms. The van der Waals surface area contributed by atoms with Crippen LogP contribution >= 0.6 is 0 Å². The Labute approximate surface area is 107 Å². The van der Waals surface area contributed by atoms with Gasteiger partial charge in [0.1, 0.15) is 6.61 Å². The number of hydrogen-bond donors (Lipinski definition) is 2. The fourth-order valence-corrected chi connectivity index (χ4v) is 0.814. The number of carbonyl (C=O) groups excluding carboxylic acids is 2. The number of ether oxygens (including phenoxy) is 2. The van der Waals surface area contributed by atoms with Crippen molar-refractivity contribution in [2.24, 2.45) is 5.41 Å². The van der Waals surface area contributed by atoms with Crippen LogP contribution in [-0.4, -0.2) is 36.5 Å². The lowest BCUT2D eigenvalue weighted by atomic mass is 9.91. The molecule has 18 heavy (non-hydrogen) atoms. The van der Waals surface area contributed by atoms with Crippen LogP contribution in [0.5, 0.6) is 0 Å². The maximum atomic E-state index is 11.6. The van der Waals surface area contributed by atoms with Crippen LogP contribution < -0.4 is 5.32 Å². The van der Waals surface area contributed by atoms with Crippen molar-refractivity contribution in [2.75, 3.05) is 13.3 Å². The van der Waals surface area contributed by atoms with Crippen molar-refractivity contribution in [2.45, 2.75) is 33.6 Å². The van der Waals surface area contributed by atoms with E-state index >= 15 is 0 Å². The molecule has 0 saturated carbocycles. The molecule has 0 aromatic heterocycles. The molecule has 1 amide bonds. The molecule has 2 N–H and O–H groups in total. The van der Waals surface area contributed by atoms with Crippen molar-refractivity contribution in [3.63, 3.8) is 0 Å². The topological polar surface area (TPSA) is 102 Å². The lowest BCUT2D eigenvalue weighted by molar-refractivity contribution is -0.156. The molecule has 0 atom stereocenters. The SMILES string of the molecule is [3H]OC(=O)NCOC(=O)CCOC(=O)C(C)(C)CC. The van der Waals surface area contributed by atoms with E-state index in [2.05, 4.69) is 9.85 Å². The van der Waals surface area contributed by atoms with Crippen molar-refractivity contribution in [3.8, 4) is 0 Å². The summed E-state index contributed by atoms with van der Waals surface area (Å²) in [6.07, 6.45) is -0.498. The standard InChI is InChI=1S/C11H19NO6/c1-4-11(2,3)9(14)17-6-5-8(13)18-7-12-10(15)16/h12H,4-7H2,1-3H3,(H,15,16)/i/hT. The Balaban J connectivity index is 3.75. The molecule has 0 bridgehead atoms. The molecular weight excluding hydrogens is 242 g/mol. The zero-order valence-electron chi connectivity index (χ0n) is 11.8. The summed E-state index contributed by atoms with van der Waals surface area (Å²) in [4.78, 5) is 33.2. The minimum absolute atomic E-state index is 0.0794. The molecule has 0 aromatic rings. The predicted octanol–water partition coefficient (Wildman–Crippen LogP) is 1.12. The molecule has 0 spiro atoms. The highest BCUT2D eigenvalue weighted by atomic mass is 16.6. The van der Waals surface area contributed by atoms with Gasteiger partial charge in [-0.3, -0.25) is 14.9 Å². The molecule has 0 aliphatic carbocycles. The lowest BCUT2D eigenvalue weighted by Crippen LogP contribution is -2.28. The van der Waals surface area contributed by atoms with E-state index in [0.717, 1.165) is 0 Å². The van der Waals surface area contributed by atoms with Crippen molar-refractivity contribution in [3.05, 3.63) is 0 Å². The summed E-state index contributed by atoms with van der Waals surface area (Å²) in [5, 5.41) is 5.53. The van der Waals surface area contributed by atoms with Crippen molar-refractivity contribution >= 4 is 18.0 Å². The molecule has 7 nitrogen and oxygen atoms in total. The monoisotopic (exact) mass is 263 g/mol. The lowest BCUT2D eigenvalue weighted by Gasteiger charge is -2.20. The second-order valence-corrected chi connectivity index (χ2v) is 4.25. The Morgan fingerprint density at radius 2 is 2.00 bits per heavy atom. The highest BCUT2D eigenvalue weighted by molar-refractivity contribution is 5.76. The second kappa shape index (κ2) is 7.52. The van der Waals surface area contributed by atoms with Gasteiger partial charge in [-0.2, -0.15) is 0 Å². The highest BCUT2D eigenvalue weighted by Gasteiger charge is 2.27. The summed E-state index contributed by atoms with van der Waals surface area (Å²) < 4.78 is 15.7. The predicted molar refractivity (Wildman–Crippen MR) is 61.8 cm³/mol. The van der Waals surface area contributed by atoms with E-state index in [0.29, 0.717) is 6.42 Å². The molecular formula is C11H19NO6. The zero-order chi connectivity index (χ0) is 14.9. The van der Waals surface area contributed by atoms with Gasteiger partial charge in [0.15, 0.2) is 6.73 Å². The van der Waals surface area contributed by atoms with E-state index in [1.54, 1.807) is 13.8 Å². The van der Waals surface area contributed by atoms with Crippen LogP contribution in [0.2, 0.25) is 0 Å². The van der Waals surface area contributed by atoms with Crippen LogP contribution in [0.3, 0.4) is 0 Å². The third-order valence-electron chi connectivity index (χ3n) is 2.43. The number of hydrogen-bond acceptors (Lipinski definition) is 6.